The Labute approximate surface area is 248 Å². The monoisotopic (exact) mass is 618 g/mol. The second-order valence-corrected chi connectivity index (χ2v) is 12.6. The molecular weight excluding hydrogens is 594 g/mol. The molecule has 0 spiro atoms. The lowest BCUT2D eigenvalue weighted by Gasteiger charge is -2.29. The van der Waals surface area contributed by atoms with Crippen LogP contribution in [0.15, 0.2) is 18.5 Å². The van der Waals surface area contributed by atoms with Crippen molar-refractivity contribution in [2.24, 2.45) is 0 Å². The third-order valence-electron chi connectivity index (χ3n) is 6.18. The van der Waals surface area contributed by atoms with E-state index >= 15 is 4.39 Å². The Balaban J connectivity index is 1.68. The number of rotatable bonds is 3. The number of aromatic nitrogens is 3. The third kappa shape index (κ3) is 5.86. The Kier molecular flexibility index (Phi) is 7.69. The maximum Gasteiger partial charge on any atom is 0.412 e. The second kappa shape index (κ2) is 10.8. The van der Waals surface area contributed by atoms with E-state index in [-0.39, 0.29) is 56.1 Å². The van der Waals surface area contributed by atoms with E-state index in [4.69, 9.17) is 32.7 Å². The van der Waals surface area contributed by atoms with Crippen LogP contribution in [0.2, 0.25) is 10.3 Å². The van der Waals surface area contributed by atoms with Gasteiger partial charge < -0.3 is 19.5 Å². The van der Waals surface area contributed by atoms with Crippen molar-refractivity contribution < 1.29 is 23.8 Å². The van der Waals surface area contributed by atoms with Crippen LogP contribution in [-0.2, 0) is 9.47 Å². The molecule has 1 aromatic carbocycles. The van der Waals surface area contributed by atoms with Crippen LogP contribution in [0.3, 0.4) is 0 Å². The van der Waals surface area contributed by atoms with Crippen molar-refractivity contribution in [3.63, 3.8) is 0 Å². The Morgan fingerprint density at radius 2 is 2.10 bits per heavy atom. The lowest BCUT2D eigenvalue weighted by molar-refractivity contribution is -0.0123. The molecule has 1 amide bonds. The average molecular weight is 620 g/mol. The van der Waals surface area contributed by atoms with Gasteiger partial charge in [-0.05, 0) is 45.4 Å². The van der Waals surface area contributed by atoms with E-state index in [0.717, 1.165) is 11.3 Å². The van der Waals surface area contributed by atoms with Gasteiger partial charge in [-0.3, -0.25) is 10.3 Å². The summed E-state index contributed by atoms with van der Waals surface area (Å²) < 4.78 is 27.8. The van der Waals surface area contributed by atoms with Gasteiger partial charge in [0.2, 0.25) is 5.28 Å². The minimum absolute atomic E-state index is 0.0195. The first kappa shape index (κ1) is 29.2. The number of carbonyl (C=O) groups excluding carboxylic acids is 1. The molecule has 0 saturated carbocycles. The van der Waals surface area contributed by atoms with Crippen LogP contribution in [-0.4, -0.2) is 63.7 Å². The molecule has 41 heavy (non-hydrogen) atoms. The SMILES string of the molecule is CC1(O)COCCN(c2nc(Cl)nc3c(F)c(-c4cncc5sc(NC(=O)OC(C)(C)C)c(C#N)c45)c(Cl)cc23)C1. The van der Waals surface area contributed by atoms with Gasteiger partial charge in [-0.2, -0.15) is 10.2 Å². The predicted molar refractivity (Wildman–Crippen MR) is 156 cm³/mol. The Hall–Kier alpha value is -3.34. The molecule has 14 heteroatoms. The molecule has 4 heterocycles. The summed E-state index contributed by atoms with van der Waals surface area (Å²) in [5.41, 5.74) is -1.72. The summed E-state index contributed by atoms with van der Waals surface area (Å²) in [6, 6.07) is 3.63. The smallest absolute Gasteiger partial charge is 0.412 e. The molecule has 0 bridgehead atoms. The highest BCUT2D eigenvalue weighted by molar-refractivity contribution is 7.23. The van der Waals surface area contributed by atoms with E-state index in [1.807, 2.05) is 0 Å². The lowest BCUT2D eigenvalue weighted by atomic mass is 9.99. The van der Waals surface area contributed by atoms with Crippen LogP contribution < -0.4 is 10.2 Å². The fourth-order valence-electron chi connectivity index (χ4n) is 4.66. The van der Waals surface area contributed by atoms with Crippen LogP contribution in [0.5, 0.6) is 0 Å². The number of benzene rings is 1. The first-order chi connectivity index (χ1) is 19.3. The van der Waals surface area contributed by atoms with E-state index in [2.05, 4.69) is 26.3 Å². The van der Waals surface area contributed by atoms with Crippen LogP contribution in [0.25, 0.3) is 32.1 Å². The molecule has 0 radical (unpaired) electrons. The minimum atomic E-state index is -1.18. The molecule has 1 fully saturated rings. The number of nitrogens with zero attached hydrogens (tertiary/aromatic N) is 5. The topological polar surface area (TPSA) is 133 Å². The Bertz CT molecular complexity index is 1730. The molecule has 2 N–H and O–H groups in total. The van der Waals surface area contributed by atoms with Crippen molar-refractivity contribution in [1.29, 1.82) is 5.26 Å². The number of halogens is 3. The first-order valence-corrected chi connectivity index (χ1v) is 14.1. The number of ether oxygens (including phenoxy) is 2. The van der Waals surface area contributed by atoms with Gasteiger partial charge in [-0.25, -0.2) is 14.2 Å². The summed E-state index contributed by atoms with van der Waals surface area (Å²) >= 11 is 14.1. The molecule has 0 aliphatic carbocycles. The van der Waals surface area contributed by atoms with Crippen molar-refractivity contribution in [1.82, 2.24) is 15.0 Å². The van der Waals surface area contributed by atoms with Gasteiger partial charge >= 0.3 is 6.09 Å². The van der Waals surface area contributed by atoms with E-state index < -0.39 is 23.1 Å². The number of amides is 1. The van der Waals surface area contributed by atoms with Crippen LogP contribution >= 0.6 is 34.5 Å². The van der Waals surface area contributed by atoms with Crippen molar-refractivity contribution in [3.8, 4) is 17.2 Å². The van der Waals surface area contributed by atoms with E-state index in [9.17, 15) is 15.2 Å². The molecule has 4 aromatic rings. The number of hydrogen-bond acceptors (Lipinski definition) is 10. The zero-order valence-electron chi connectivity index (χ0n) is 22.5. The molecule has 1 aliphatic rings. The first-order valence-electron chi connectivity index (χ1n) is 12.5. The molecule has 1 unspecified atom stereocenters. The van der Waals surface area contributed by atoms with Gasteiger partial charge in [0.15, 0.2) is 5.82 Å². The molecule has 1 aliphatic heterocycles. The number of nitriles is 1. The standard InChI is InChI=1S/C27H25Cl2FN6O4S/c1-26(2,3)40-25(37)35-23-14(8-31)18-15(9-32-10-17(18)41-23)19-16(28)7-13-21(20(19)30)33-24(29)34-22(13)36-5-6-39-12-27(4,38)11-36/h7,9-10,38H,5-6,11-12H2,1-4H3,(H,35,37). The van der Waals surface area contributed by atoms with Gasteiger partial charge in [-0.15, -0.1) is 11.3 Å². The number of carbonyl (C=O) groups is 1. The number of aliphatic hydroxyl groups is 1. The van der Waals surface area contributed by atoms with Gasteiger partial charge in [0, 0.05) is 40.8 Å². The van der Waals surface area contributed by atoms with Crippen molar-refractivity contribution in [2.45, 2.75) is 38.9 Å². The third-order valence-corrected chi connectivity index (χ3v) is 7.69. The Morgan fingerprint density at radius 3 is 2.80 bits per heavy atom. The van der Waals surface area contributed by atoms with Crippen LogP contribution in [0.4, 0.5) is 20.0 Å². The molecule has 5 rings (SSSR count). The fourth-order valence-corrected chi connectivity index (χ4v) is 6.15. The van der Waals surface area contributed by atoms with Gasteiger partial charge in [0.1, 0.15) is 33.6 Å². The van der Waals surface area contributed by atoms with E-state index in [0.29, 0.717) is 29.1 Å². The predicted octanol–water partition coefficient (Wildman–Crippen LogP) is 6.16. The van der Waals surface area contributed by atoms with Gasteiger partial charge in [0.05, 0.1) is 35.0 Å². The fraction of sp³-hybridized carbons (Fsp3) is 0.370. The summed E-state index contributed by atoms with van der Waals surface area (Å²) in [6.07, 6.45) is 2.18. The number of hydrogen-bond donors (Lipinski definition) is 2. The lowest BCUT2D eigenvalue weighted by Crippen LogP contribution is -2.42. The van der Waals surface area contributed by atoms with Crippen LogP contribution in [0.1, 0.15) is 33.3 Å². The average Bonchev–Trinajstić information content (AvgIpc) is 3.11. The number of fused-ring (bicyclic) bond motifs is 2. The van der Waals surface area contributed by atoms with Crippen molar-refractivity contribution in [2.75, 3.05) is 36.5 Å². The molecule has 214 valence electrons. The van der Waals surface area contributed by atoms with E-state index in [1.165, 1.54) is 18.5 Å². The molecule has 10 nitrogen and oxygen atoms in total. The van der Waals surface area contributed by atoms with Crippen molar-refractivity contribution >= 4 is 72.4 Å². The molecule has 1 atom stereocenters. The normalized spacial score (nSPS) is 17.9. The molecule has 3 aromatic heterocycles. The summed E-state index contributed by atoms with van der Waals surface area (Å²) in [5, 5.41) is 24.1. The number of anilines is 2. The van der Waals surface area contributed by atoms with Crippen LogP contribution in [0, 0.1) is 17.1 Å². The molecular formula is C27H25Cl2FN6O4S. The van der Waals surface area contributed by atoms with Gasteiger partial charge in [-0.1, -0.05) is 11.6 Å². The highest BCUT2D eigenvalue weighted by Gasteiger charge is 2.31. The summed E-state index contributed by atoms with van der Waals surface area (Å²) in [4.78, 5) is 26.9. The quantitative estimate of drug-likeness (QED) is 0.259. The Morgan fingerprint density at radius 1 is 1.34 bits per heavy atom. The zero-order valence-corrected chi connectivity index (χ0v) is 24.8. The highest BCUT2D eigenvalue weighted by atomic mass is 35.5. The summed E-state index contributed by atoms with van der Waals surface area (Å²) in [5.74, 6) is -0.492. The number of β-amino-alcohol motifs (C(OH)–C–C–N with tert-alkyl or cyclic N) is 1. The maximum absolute atomic E-state index is 16.4. The minimum Gasteiger partial charge on any atom is -0.444 e. The number of nitrogens with one attached hydrogen (secondary N) is 1. The largest absolute Gasteiger partial charge is 0.444 e. The summed E-state index contributed by atoms with van der Waals surface area (Å²) in [7, 11) is 0. The van der Waals surface area contributed by atoms with Gasteiger partial charge in [0.25, 0.3) is 0 Å². The van der Waals surface area contributed by atoms with Crippen molar-refractivity contribution in [3.05, 3.63) is 40.1 Å². The molecule has 1 saturated heterocycles. The number of thiophene rings is 1. The zero-order chi connectivity index (χ0) is 29.7. The second-order valence-electron chi connectivity index (χ2n) is 10.8. The maximum atomic E-state index is 16.4. The number of pyridine rings is 1. The summed E-state index contributed by atoms with van der Waals surface area (Å²) in [6.45, 7) is 7.77. The van der Waals surface area contributed by atoms with E-state index in [1.54, 1.807) is 32.6 Å². The highest BCUT2D eigenvalue weighted by Crippen LogP contribution is 2.45.